The highest BCUT2D eigenvalue weighted by molar-refractivity contribution is 9.10. The Kier molecular flexibility index (Phi) is 2.61. The van der Waals surface area contributed by atoms with Crippen molar-refractivity contribution in [1.82, 2.24) is 9.78 Å². The predicted molar refractivity (Wildman–Crippen MR) is 54.3 cm³/mol. The average molecular weight is 231 g/mol. The largest absolute Gasteiger partial charge is 0.272 e. The van der Waals surface area contributed by atoms with Gasteiger partial charge in [0.05, 0.1) is 10.2 Å². The number of halogens is 1. The number of rotatable bonds is 1. The lowest BCUT2D eigenvalue weighted by atomic mass is 9.93. The molecular formula is C9H15BrN2. The molecule has 0 amide bonds. The molecule has 0 aliphatic carbocycles. The van der Waals surface area contributed by atoms with Crippen LogP contribution in [0.15, 0.2) is 10.7 Å². The lowest BCUT2D eigenvalue weighted by Gasteiger charge is -2.15. The molecule has 1 aromatic rings. The minimum atomic E-state index is 0.124. The van der Waals surface area contributed by atoms with Crippen molar-refractivity contribution in [3.8, 4) is 0 Å². The highest BCUT2D eigenvalue weighted by Gasteiger charge is 2.20. The third kappa shape index (κ3) is 1.89. The van der Waals surface area contributed by atoms with Crippen molar-refractivity contribution in [2.24, 2.45) is 0 Å². The fourth-order valence-electron chi connectivity index (χ4n) is 1.07. The second kappa shape index (κ2) is 3.21. The van der Waals surface area contributed by atoms with Gasteiger partial charge in [0, 0.05) is 18.2 Å². The van der Waals surface area contributed by atoms with Gasteiger partial charge in [-0.3, -0.25) is 4.68 Å². The Morgan fingerprint density at radius 2 is 2.08 bits per heavy atom. The van der Waals surface area contributed by atoms with Crippen LogP contribution in [0.25, 0.3) is 0 Å². The molecule has 1 rings (SSSR count). The van der Waals surface area contributed by atoms with Gasteiger partial charge in [-0.1, -0.05) is 20.8 Å². The van der Waals surface area contributed by atoms with E-state index in [4.69, 9.17) is 0 Å². The summed E-state index contributed by atoms with van der Waals surface area (Å²) in [5.41, 5.74) is 1.25. The van der Waals surface area contributed by atoms with Crippen molar-refractivity contribution in [2.75, 3.05) is 0 Å². The monoisotopic (exact) mass is 230 g/mol. The summed E-state index contributed by atoms with van der Waals surface area (Å²) in [6, 6.07) is 0. The van der Waals surface area contributed by atoms with E-state index < -0.39 is 0 Å². The van der Waals surface area contributed by atoms with E-state index in [1.54, 1.807) is 0 Å². The standard InChI is InChI=1S/C9H15BrN2/c1-5-12-6-7(10)8(11-12)9(2,3)4/h6H,5H2,1-4H3. The Labute approximate surface area is 82.1 Å². The molecule has 12 heavy (non-hydrogen) atoms. The summed E-state index contributed by atoms with van der Waals surface area (Å²) >= 11 is 3.51. The van der Waals surface area contributed by atoms with Gasteiger partial charge in [0.1, 0.15) is 0 Å². The van der Waals surface area contributed by atoms with E-state index in [9.17, 15) is 0 Å². The van der Waals surface area contributed by atoms with E-state index in [2.05, 4.69) is 48.7 Å². The molecule has 3 heteroatoms. The van der Waals surface area contributed by atoms with Crippen LogP contribution in [0, 0.1) is 0 Å². The fraction of sp³-hybridized carbons (Fsp3) is 0.667. The van der Waals surface area contributed by atoms with Crippen molar-refractivity contribution >= 4 is 15.9 Å². The maximum Gasteiger partial charge on any atom is 0.0819 e. The van der Waals surface area contributed by atoms with Crippen LogP contribution in [-0.4, -0.2) is 9.78 Å². The minimum absolute atomic E-state index is 0.124. The maximum absolute atomic E-state index is 4.47. The van der Waals surface area contributed by atoms with Gasteiger partial charge in [0.15, 0.2) is 0 Å². The molecule has 0 fully saturated rings. The molecule has 0 unspecified atom stereocenters. The van der Waals surface area contributed by atoms with Crippen molar-refractivity contribution in [1.29, 1.82) is 0 Å². The number of hydrogen-bond donors (Lipinski definition) is 0. The molecule has 0 saturated carbocycles. The van der Waals surface area contributed by atoms with Crippen LogP contribution in [0.2, 0.25) is 0 Å². The number of aromatic nitrogens is 2. The molecule has 1 heterocycles. The van der Waals surface area contributed by atoms with Crippen LogP contribution in [0.5, 0.6) is 0 Å². The topological polar surface area (TPSA) is 17.8 Å². The molecule has 0 spiro atoms. The SMILES string of the molecule is CCn1cc(Br)c(C(C)(C)C)n1. The van der Waals surface area contributed by atoms with Crippen molar-refractivity contribution < 1.29 is 0 Å². The van der Waals surface area contributed by atoms with E-state index in [1.165, 1.54) is 0 Å². The van der Waals surface area contributed by atoms with Crippen LogP contribution in [-0.2, 0) is 12.0 Å². The van der Waals surface area contributed by atoms with E-state index in [0.717, 1.165) is 16.7 Å². The van der Waals surface area contributed by atoms with Crippen LogP contribution < -0.4 is 0 Å². The zero-order valence-corrected chi connectivity index (χ0v) is 9.64. The predicted octanol–water partition coefficient (Wildman–Crippen LogP) is 2.96. The van der Waals surface area contributed by atoms with E-state index in [-0.39, 0.29) is 5.41 Å². The van der Waals surface area contributed by atoms with Gasteiger partial charge in [0.2, 0.25) is 0 Å². The quantitative estimate of drug-likeness (QED) is 0.726. The molecule has 68 valence electrons. The maximum atomic E-state index is 4.47. The van der Waals surface area contributed by atoms with Crippen LogP contribution in [0.1, 0.15) is 33.4 Å². The Morgan fingerprint density at radius 1 is 1.50 bits per heavy atom. The van der Waals surface area contributed by atoms with E-state index in [1.807, 2.05) is 10.9 Å². The molecular weight excluding hydrogens is 216 g/mol. The molecule has 0 aliphatic rings. The Morgan fingerprint density at radius 3 is 2.33 bits per heavy atom. The molecule has 0 saturated heterocycles. The first-order chi connectivity index (χ1) is 5.45. The summed E-state index contributed by atoms with van der Waals surface area (Å²) in [6.07, 6.45) is 2.03. The zero-order chi connectivity index (χ0) is 9.35. The lowest BCUT2D eigenvalue weighted by molar-refractivity contribution is 0.539. The Bertz CT molecular complexity index is 271. The summed E-state index contributed by atoms with van der Waals surface area (Å²) in [5.74, 6) is 0. The summed E-state index contributed by atoms with van der Waals surface area (Å²) in [7, 11) is 0. The Balaban J connectivity index is 3.08. The smallest absolute Gasteiger partial charge is 0.0819 e. The van der Waals surface area contributed by atoms with Gasteiger partial charge in [-0.15, -0.1) is 0 Å². The number of aryl methyl sites for hydroxylation is 1. The second-order valence-electron chi connectivity index (χ2n) is 3.93. The van der Waals surface area contributed by atoms with Gasteiger partial charge in [-0.25, -0.2) is 0 Å². The Hall–Kier alpha value is -0.310. The second-order valence-corrected chi connectivity index (χ2v) is 4.79. The zero-order valence-electron chi connectivity index (χ0n) is 8.06. The van der Waals surface area contributed by atoms with Crippen molar-refractivity contribution in [2.45, 2.75) is 39.7 Å². The number of hydrogen-bond acceptors (Lipinski definition) is 1. The molecule has 0 bridgehead atoms. The average Bonchev–Trinajstić information content (AvgIpc) is 2.29. The van der Waals surface area contributed by atoms with Crippen LogP contribution in [0.4, 0.5) is 0 Å². The fourth-order valence-corrected chi connectivity index (χ4v) is 1.98. The van der Waals surface area contributed by atoms with E-state index >= 15 is 0 Å². The van der Waals surface area contributed by atoms with Gasteiger partial charge < -0.3 is 0 Å². The van der Waals surface area contributed by atoms with Crippen molar-refractivity contribution in [3.63, 3.8) is 0 Å². The normalized spacial score (nSPS) is 12.1. The molecule has 1 aromatic heterocycles. The third-order valence-electron chi connectivity index (χ3n) is 1.75. The lowest BCUT2D eigenvalue weighted by Crippen LogP contribution is -2.13. The molecule has 0 radical (unpaired) electrons. The first-order valence-electron chi connectivity index (χ1n) is 4.18. The number of nitrogens with zero attached hydrogens (tertiary/aromatic N) is 2. The first-order valence-corrected chi connectivity index (χ1v) is 4.98. The minimum Gasteiger partial charge on any atom is -0.272 e. The molecule has 0 aromatic carbocycles. The third-order valence-corrected chi connectivity index (χ3v) is 2.33. The van der Waals surface area contributed by atoms with Crippen LogP contribution >= 0.6 is 15.9 Å². The molecule has 0 atom stereocenters. The first kappa shape index (κ1) is 9.78. The van der Waals surface area contributed by atoms with Gasteiger partial charge in [-0.2, -0.15) is 5.10 Å². The summed E-state index contributed by atoms with van der Waals surface area (Å²) in [5, 5.41) is 4.47. The summed E-state index contributed by atoms with van der Waals surface area (Å²) in [4.78, 5) is 0. The highest BCUT2D eigenvalue weighted by atomic mass is 79.9. The summed E-state index contributed by atoms with van der Waals surface area (Å²) in [6.45, 7) is 9.51. The van der Waals surface area contributed by atoms with Gasteiger partial charge in [0.25, 0.3) is 0 Å². The molecule has 0 aliphatic heterocycles. The summed E-state index contributed by atoms with van der Waals surface area (Å²) < 4.78 is 3.06. The van der Waals surface area contributed by atoms with Crippen molar-refractivity contribution in [3.05, 3.63) is 16.4 Å². The molecule has 2 nitrogen and oxygen atoms in total. The van der Waals surface area contributed by atoms with Gasteiger partial charge in [-0.05, 0) is 22.9 Å². The van der Waals surface area contributed by atoms with E-state index in [0.29, 0.717) is 0 Å². The van der Waals surface area contributed by atoms with Crippen LogP contribution in [0.3, 0.4) is 0 Å². The van der Waals surface area contributed by atoms with Gasteiger partial charge >= 0.3 is 0 Å². The molecule has 0 N–H and O–H groups in total. The highest BCUT2D eigenvalue weighted by Crippen LogP contribution is 2.27.